The molecule has 3 rings (SSSR count). The van der Waals surface area contributed by atoms with Crippen molar-refractivity contribution in [1.29, 1.82) is 0 Å². The first-order chi connectivity index (χ1) is 8.56. The number of amides is 2. The van der Waals surface area contributed by atoms with Crippen LogP contribution in [-0.2, 0) is 9.59 Å². The number of hydrogen-bond acceptors (Lipinski definition) is 2. The van der Waals surface area contributed by atoms with Gasteiger partial charge >= 0.3 is 0 Å². The van der Waals surface area contributed by atoms with Gasteiger partial charge in [-0.1, -0.05) is 12.8 Å². The fraction of sp³-hybridized carbons (Fsp3) is 0.857. The predicted octanol–water partition coefficient (Wildman–Crippen LogP) is 1.59. The summed E-state index contributed by atoms with van der Waals surface area (Å²) < 4.78 is 0. The topological polar surface area (TPSA) is 49.4 Å². The molecule has 0 bridgehead atoms. The fourth-order valence-corrected chi connectivity index (χ4v) is 3.75. The lowest BCUT2D eigenvalue weighted by molar-refractivity contribution is -0.147. The SMILES string of the molecule is CC1(N2CCC(=O)NC3(CCCC3)C2=O)CCC1. The molecule has 0 atom stereocenters. The van der Waals surface area contributed by atoms with E-state index in [1.54, 1.807) is 0 Å². The molecule has 0 unspecified atom stereocenters. The van der Waals surface area contributed by atoms with Crippen LogP contribution in [0.1, 0.15) is 58.3 Å². The summed E-state index contributed by atoms with van der Waals surface area (Å²) in [5.74, 6) is 0.240. The molecule has 3 aliphatic rings. The van der Waals surface area contributed by atoms with E-state index in [2.05, 4.69) is 12.2 Å². The molecule has 100 valence electrons. The maximum absolute atomic E-state index is 12.9. The molecule has 1 N–H and O–H groups in total. The first-order valence-electron chi connectivity index (χ1n) is 7.19. The molecule has 2 saturated carbocycles. The minimum atomic E-state index is -0.563. The van der Waals surface area contributed by atoms with Gasteiger partial charge in [-0.25, -0.2) is 0 Å². The normalized spacial score (nSPS) is 29.9. The maximum Gasteiger partial charge on any atom is 0.248 e. The third kappa shape index (κ3) is 1.65. The van der Waals surface area contributed by atoms with Gasteiger partial charge < -0.3 is 10.2 Å². The number of nitrogens with zero attached hydrogens (tertiary/aromatic N) is 1. The number of carbonyl (C=O) groups is 2. The Labute approximate surface area is 108 Å². The summed E-state index contributed by atoms with van der Waals surface area (Å²) in [6.07, 6.45) is 7.59. The van der Waals surface area contributed by atoms with Crippen molar-refractivity contribution in [2.24, 2.45) is 0 Å². The van der Waals surface area contributed by atoms with Crippen LogP contribution in [0.5, 0.6) is 0 Å². The molecular formula is C14H22N2O2. The molecular weight excluding hydrogens is 228 g/mol. The van der Waals surface area contributed by atoms with E-state index >= 15 is 0 Å². The van der Waals surface area contributed by atoms with Gasteiger partial charge in [-0.3, -0.25) is 9.59 Å². The molecule has 0 aromatic carbocycles. The van der Waals surface area contributed by atoms with E-state index in [1.807, 2.05) is 4.90 Å². The van der Waals surface area contributed by atoms with Crippen molar-refractivity contribution < 1.29 is 9.59 Å². The van der Waals surface area contributed by atoms with E-state index in [1.165, 1.54) is 6.42 Å². The Morgan fingerprint density at radius 1 is 1.06 bits per heavy atom. The van der Waals surface area contributed by atoms with Crippen LogP contribution >= 0.6 is 0 Å². The number of nitrogens with one attached hydrogen (secondary N) is 1. The fourth-order valence-electron chi connectivity index (χ4n) is 3.75. The highest BCUT2D eigenvalue weighted by atomic mass is 16.2. The molecule has 1 aliphatic heterocycles. The van der Waals surface area contributed by atoms with Gasteiger partial charge in [0, 0.05) is 18.5 Å². The molecule has 1 saturated heterocycles. The Hall–Kier alpha value is -1.06. The molecule has 0 radical (unpaired) electrons. The summed E-state index contributed by atoms with van der Waals surface area (Å²) in [5.41, 5.74) is -0.550. The number of hydrogen-bond donors (Lipinski definition) is 1. The van der Waals surface area contributed by atoms with Gasteiger partial charge in [0.25, 0.3) is 0 Å². The average molecular weight is 250 g/mol. The molecule has 0 aromatic rings. The van der Waals surface area contributed by atoms with Crippen LogP contribution in [0.15, 0.2) is 0 Å². The van der Waals surface area contributed by atoms with Crippen molar-refractivity contribution in [1.82, 2.24) is 10.2 Å². The zero-order chi connectivity index (χ0) is 12.8. The second-order valence-electron chi connectivity index (χ2n) is 6.39. The standard InChI is InChI=1S/C14H22N2O2/c1-13(6-4-7-13)16-10-5-11(17)15-14(12(16)18)8-2-3-9-14/h2-10H2,1H3,(H,15,17). The lowest BCUT2D eigenvalue weighted by Gasteiger charge is -2.49. The second kappa shape index (κ2) is 3.97. The highest BCUT2D eigenvalue weighted by Crippen LogP contribution is 2.41. The highest BCUT2D eigenvalue weighted by Gasteiger charge is 2.51. The third-order valence-electron chi connectivity index (χ3n) is 5.14. The Bertz CT molecular complexity index is 381. The van der Waals surface area contributed by atoms with Crippen LogP contribution in [0.4, 0.5) is 0 Å². The van der Waals surface area contributed by atoms with Crippen molar-refractivity contribution in [3.63, 3.8) is 0 Å². The Kier molecular flexibility index (Phi) is 2.65. The summed E-state index contributed by atoms with van der Waals surface area (Å²) >= 11 is 0. The summed E-state index contributed by atoms with van der Waals surface area (Å²) in [6.45, 7) is 2.77. The van der Waals surface area contributed by atoms with Crippen molar-refractivity contribution in [2.75, 3.05) is 6.54 Å². The third-order valence-corrected chi connectivity index (χ3v) is 5.14. The smallest absolute Gasteiger partial charge is 0.248 e. The van der Waals surface area contributed by atoms with Gasteiger partial charge in [-0.15, -0.1) is 0 Å². The van der Waals surface area contributed by atoms with Gasteiger partial charge in [-0.05, 0) is 39.0 Å². The molecule has 18 heavy (non-hydrogen) atoms. The van der Waals surface area contributed by atoms with E-state index < -0.39 is 5.54 Å². The van der Waals surface area contributed by atoms with E-state index in [9.17, 15) is 9.59 Å². The van der Waals surface area contributed by atoms with E-state index in [4.69, 9.17) is 0 Å². The zero-order valence-corrected chi connectivity index (χ0v) is 11.1. The first-order valence-corrected chi connectivity index (χ1v) is 7.19. The predicted molar refractivity (Wildman–Crippen MR) is 67.9 cm³/mol. The maximum atomic E-state index is 12.9. The van der Waals surface area contributed by atoms with Gasteiger partial charge in [0.15, 0.2) is 0 Å². The van der Waals surface area contributed by atoms with E-state index in [0.717, 1.165) is 38.5 Å². The summed E-state index contributed by atoms with van der Waals surface area (Å²) in [5, 5.41) is 3.02. The van der Waals surface area contributed by atoms with Gasteiger partial charge in [0.1, 0.15) is 5.54 Å². The molecule has 1 spiro atoms. The zero-order valence-electron chi connectivity index (χ0n) is 11.1. The monoisotopic (exact) mass is 250 g/mol. The highest BCUT2D eigenvalue weighted by molar-refractivity contribution is 5.94. The minimum Gasteiger partial charge on any atom is -0.342 e. The Morgan fingerprint density at radius 2 is 1.72 bits per heavy atom. The van der Waals surface area contributed by atoms with Crippen LogP contribution < -0.4 is 5.32 Å². The van der Waals surface area contributed by atoms with E-state index in [0.29, 0.717) is 13.0 Å². The second-order valence-corrected chi connectivity index (χ2v) is 6.39. The lowest BCUT2D eigenvalue weighted by atomic mass is 9.76. The number of rotatable bonds is 1. The Balaban J connectivity index is 1.91. The summed E-state index contributed by atoms with van der Waals surface area (Å²) in [7, 11) is 0. The van der Waals surface area contributed by atoms with Crippen molar-refractivity contribution in [2.45, 2.75) is 69.4 Å². The largest absolute Gasteiger partial charge is 0.342 e. The molecule has 0 aromatic heterocycles. The summed E-state index contributed by atoms with van der Waals surface area (Å²) in [6, 6.07) is 0. The average Bonchev–Trinajstić information content (AvgIpc) is 2.71. The molecule has 2 amide bonds. The minimum absolute atomic E-state index is 0.0129. The van der Waals surface area contributed by atoms with E-state index in [-0.39, 0.29) is 17.4 Å². The van der Waals surface area contributed by atoms with Crippen LogP contribution in [0.25, 0.3) is 0 Å². The van der Waals surface area contributed by atoms with Crippen molar-refractivity contribution >= 4 is 11.8 Å². The van der Waals surface area contributed by atoms with Crippen LogP contribution in [-0.4, -0.2) is 34.3 Å². The summed E-state index contributed by atoms with van der Waals surface area (Å²) in [4.78, 5) is 26.8. The Morgan fingerprint density at radius 3 is 2.28 bits per heavy atom. The molecule has 1 heterocycles. The van der Waals surface area contributed by atoms with Crippen molar-refractivity contribution in [3.05, 3.63) is 0 Å². The van der Waals surface area contributed by atoms with Crippen LogP contribution in [0.3, 0.4) is 0 Å². The van der Waals surface area contributed by atoms with Gasteiger partial charge in [-0.2, -0.15) is 0 Å². The number of carbonyl (C=O) groups excluding carboxylic acids is 2. The van der Waals surface area contributed by atoms with Gasteiger partial charge in [0.2, 0.25) is 11.8 Å². The van der Waals surface area contributed by atoms with Gasteiger partial charge in [0.05, 0.1) is 0 Å². The molecule has 3 fully saturated rings. The quantitative estimate of drug-likeness (QED) is 0.768. The molecule has 2 aliphatic carbocycles. The molecule has 4 heteroatoms. The lowest BCUT2D eigenvalue weighted by Crippen LogP contribution is -2.62. The molecule has 4 nitrogen and oxygen atoms in total. The van der Waals surface area contributed by atoms with Crippen LogP contribution in [0, 0.1) is 0 Å². The van der Waals surface area contributed by atoms with Crippen LogP contribution in [0.2, 0.25) is 0 Å². The first kappa shape index (κ1) is 12.0. The van der Waals surface area contributed by atoms with Crippen molar-refractivity contribution in [3.8, 4) is 0 Å².